The lowest BCUT2D eigenvalue weighted by atomic mass is 10.0. The van der Waals surface area contributed by atoms with E-state index in [9.17, 15) is 4.79 Å². The molecule has 2 aliphatic rings. The number of aryl methyl sites for hydroxylation is 1. The van der Waals surface area contributed by atoms with Gasteiger partial charge < -0.3 is 16.4 Å². The van der Waals surface area contributed by atoms with Gasteiger partial charge in [0.05, 0.1) is 11.4 Å². The Bertz CT molecular complexity index is 494. The van der Waals surface area contributed by atoms with Gasteiger partial charge in [-0.1, -0.05) is 0 Å². The number of carbonyl (C=O) groups excluding carboxylic acids is 1. The Balaban J connectivity index is 1.85. The van der Waals surface area contributed by atoms with Crippen LogP contribution in [-0.4, -0.2) is 11.9 Å². The molecule has 1 heterocycles. The van der Waals surface area contributed by atoms with E-state index >= 15 is 0 Å². The predicted molar refractivity (Wildman–Crippen MR) is 73.6 cm³/mol. The number of rotatable bonds is 3. The van der Waals surface area contributed by atoms with Crippen molar-refractivity contribution in [3.05, 3.63) is 17.7 Å². The minimum absolute atomic E-state index is 0.0912. The second-order valence-electron chi connectivity index (χ2n) is 5.42. The molecular weight excluding hydrogens is 226 g/mol. The Labute approximate surface area is 107 Å². The van der Waals surface area contributed by atoms with Crippen molar-refractivity contribution >= 4 is 23.0 Å². The smallest absolute Gasteiger partial charge is 0.224 e. The van der Waals surface area contributed by atoms with E-state index in [4.69, 9.17) is 5.73 Å². The molecule has 3 rings (SSSR count). The van der Waals surface area contributed by atoms with Crippen LogP contribution in [0.5, 0.6) is 0 Å². The van der Waals surface area contributed by atoms with E-state index in [1.807, 2.05) is 12.1 Å². The lowest BCUT2D eigenvalue weighted by molar-refractivity contribution is -0.116. The highest BCUT2D eigenvalue weighted by Gasteiger charge is 2.28. The van der Waals surface area contributed by atoms with Crippen molar-refractivity contribution in [2.75, 3.05) is 16.4 Å². The predicted octanol–water partition coefficient (Wildman–Crippen LogP) is 2.36. The van der Waals surface area contributed by atoms with E-state index in [1.165, 1.54) is 12.8 Å². The summed E-state index contributed by atoms with van der Waals surface area (Å²) in [5.74, 6) is 0.864. The van der Waals surface area contributed by atoms with Gasteiger partial charge in [0.25, 0.3) is 0 Å². The molecule has 4 heteroatoms. The van der Waals surface area contributed by atoms with E-state index < -0.39 is 0 Å². The lowest BCUT2D eigenvalue weighted by Gasteiger charge is -2.22. The van der Waals surface area contributed by atoms with Crippen LogP contribution in [-0.2, 0) is 11.2 Å². The average Bonchev–Trinajstić information content (AvgIpc) is 3.14. The van der Waals surface area contributed by atoms with Crippen LogP contribution in [0.4, 0.5) is 17.1 Å². The SMILES string of the molecule is CC(Nc1cc2c(cc1N)CCC(=O)N2)C1CC1. The number of hydrogen-bond acceptors (Lipinski definition) is 3. The van der Waals surface area contributed by atoms with Crippen LogP contribution in [0.2, 0.25) is 0 Å². The molecule has 4 N–H and O–H groups in total. The number of nitrogen functional groups attached to an aromatic ring is 1. The van der Waals surface area contributed by atoms with Gasteiger partial charge >= 0.3 is 0 Å². The van der Waals surface area contributed by atoms with Gasteiger partial charge in [0.1, 0.15) is 0 Å². The van der Waals surface area contributed by atoms with Crippen molar-refractivity contribution in [1.82, 2.24) is 0 Å². The molecule has 0 radical (unpaired) electrons. The standard InChI is InChI=1S/C14H19N3O/c1-8(9-2-3-9)16-13-7-12-10(6-11(13)15)4-5-14(18)17-12/h6-9,16H,2-5,15H2,1H3,(H,17,18). The number of nitrogens with one attached hydrogen (secondary N) is 2. The molecule has 1 saturated carbocycles. The largest absolute Gasteiger partial charge is 0.397 e. The van der Waals surface area contributed by atoms with Crippen molar-refractivity contribution < 1.29 is 4.79 Å². The molecule has 0 aromatic heterocycles. The molecule has 1 aliphatic heterocycles. The quantitative estimate of drug-likeness (QED) is 0.716. The van der Waals surface area contributed by atoms with Crippen molar-refractivity contribution in [1.29, 1.82) is 0 Å². The third kappa shape index (κ3) is 2.15. The normalized spacial score (nSPS) is 19.9. The highest BCUT2D eigenvalue weighted by molar-refractivity contribution is 5.95. The highest BCUT2D eigenvalue weighted by atomic mass is 16.1. The zero-order valence-electron chi connectivity index (χ0n) is 10.6. The van der Waals surface area contributed by atoms with Crippen LogP contribution >= 0.6 is 0 Å². The first-order valence-corrected chi connectivity index (χ1v) is 6.62. The summed E-state index contributed by atoms with van der Waals surface area (Å²) in [4.78, 5) is 11.4. The molecule has 1 aromatic carbocycles. The summed E-state index contributed by atoms with van der Waals surface area (Å²) in [6.45, 7) is 2.19. The molecular formula is C14H19N3O. The van der Waals surface area contributed by atoms with Gasteiger partial charge in [0, 0.05) is 18.2 Å². The molecule has 0 bridgehead atoms. The number of fused-ring (bicyclic) bond motifs is 1. The zero-order valence-corrected chi connectivity index (χ0v) is 10.6. The van der Waals surface area contributed by atoms with Gasteiger partial charge in [-0.25, -0.2) is 0 Å². The van der Waals surface area contributed by atoms with Gasteiger partial charge in [-0.05, 0) is 49.8 Å². The van der Waals surface area contributed by atoms with Gasteiger partial charge in [0.15, 0.2) is 0 Å². The number of amides is 1. The third-order valence-electron chi connectivity index (χ3n) is 3.88. The summed E-state index contributed by atoms with van der Waals surface area (Å²) in [5, 5.41) is 6.37. The van der Waals surface area contributed by atoms with E-state index in [2.05, 4.69) is 17.6 Å². The molecule has 96 valence electrons. The van der Waals surface area contributed by atoms with Gasteiger partial charge in [-0.15, -0.1) is 0 Å². The Hall–Kier alpha value is -1.71. The fourth-order valence-corrected chi connectivity index (χ4v) is 2.53. The number of anilines is 3. The number of hydrogen-bond donors (Lipinski definition) is 3. The molecule has 1 fully saturated rings. The summed E-state index contributed by atoms with van der Waals surface area (Å²) in [6, 6.07) is 4.40. The summed E-state index contributed by atoms with van der Waals surface area (Å²) in [7, 11) is 0. The van der Waals surface area contributed by atoms with E-state index in [1.54, 1.807) is 0 Å². The number of nitrogens with two attached hydrogens (primary N) is 1. The average molecular weight is 245 g/mol. The van der Waals surface area contributed by atoms with Gasteiger partial charge in [-0.3, -0.25) is 4.79 Å². The van der Waals surface area contributed by atoms with Crippen LogP contribution in [0.1, 0.15) is 31.7 Å². The topological polar surface area (TPSA) is 67.1 Å². The van der Waals surface area contributed by atoms with E-state index in [-0.39, 0.29) is 5.91 Å². The molecule has 1 unspecified atom stereocenters. The third-order valence-corrected chi connectivity index (χ3v) is 3.88. The fourth-order valence-electron chi connectivity index (χ4n) is 2.53. The summed E-state index contributed by atoms with van der Waals surface area (Å²) in [6.07, 6.45) is 3.94. The Morgan fingerprint density at radius 3 is 2.89 bits per heavy atom. The maximum Gasteiger partial charge on any atom is 0.224 e. The van der Waals surface area contributed by atoms with Gasteiger partial charge in [0.2, 0.25) is 5.91 Å². The Kier molecular flexibility index (Phi) is 2.65. The minimum Gasteiger partial charge on any atom is -0.397 e. The molecule has 1 amide bonds. The van der Waals surface area contributed by atoms with Crippen LogP contribution in [0.3, 0.4) is 0 Å². The maximum absolute atomic E-state index is 11.4. The molecule has 1 atom stereocenters. The van der Waals surface area contributed by atoms with Crippen LogP contribution < -0.4 is 16.4 Å². The Morgan fingerprint density at radius 1 is 1.39 bits per heavy atom. The van der Waals surface area contributed by atoms with Crippen LogP contribution in [0, 0.1) is 5.92 Å². The minimum atomic E-state index is 0.0912. The molecule has 0 spiro atoms. The molecule has 0 saturated heterocycles. The molecule has 1 aliphatic carbocycles. The lowest BCUT2D eigenvalue weighted by Crippen LogP contribution is -2.21. The Morgan fingerprint density at radius 2 is 2.17 bits per heavy atom. The molecule has 1 aromatic rings. The second kappa shape index (κ2) is 4.19. The van der Waals surface area contributed by atoms with E-state index in [0.717, 1.165) is 35.0 Å². The van der Waals surface area contributed by atoms with E-state index in [0.29, 0.717) is 12.5 Å². The summed E-state index contributed by atoms with van der Waals surface area (Å²) < 4.78 is 0. The fraction of sp³-hybridized carbons (Fsp3) is 0.500. The first-order valence-electron chi connectivity index (χ1n) is 6.62. The maximum atomic E-state index is 11.4. The zero-order chi connectivity index (χ0) is 12.7. The van der Waals surface area contributed by atoms with Crippen LogP contribution in [0.25, 0.3) is 0 Å². The first-order chi connectivity index (χ1) is 8.63. The van der Waals surface area contributed by atoms with Crippen molar-refractivity contribution in [2.24, 2.45) is 5.92 Å². The van der Waals surface area contributed by atoms with Gasteiger partial charge in [-0.2, -0.15) is 0 Å². The first kappa shape index (κ1) is 11.4. The second-order valence-corrected chi connectivity index (χ2v) is 5.42. The highest BCUT2D eigenvalue weighted by Crippen LogP contribution is 2.36. The van der Waals surface area contributed by atoms with Crippen molar-refractivity contribution in [3.63, 3.8) is 0 Å². The number of carbonyl (C=O) groups is 1. The monoisotopic (exact) mass is 245 g/mol. The molecule has 4 nitrogen and oxygen atoms in total. The van der Waals surface area contributed by atoms with Crippen LogP contribution in [0.15, 0.2) is 12.1 Å². The summed E-state index contributed by atoms with van der Waals surface area (Å²) in [5.41, 5.74) is 9.83. The van der Waals surface area contributed by atoms with Crippen molar-refractivity contribution in [2.45, 2.75) is 38.6 Å². The van der Waals surface area contributed by atoms with Crippen molar-refractivity contribution in [3.8, 4) is 0 Å². The molecule has 18 heavy (non-hydrogen) atoms. The summed E-state index contributed by atoms with van der Waals surface area (Å²) >= 11 is 0. The number of benzene rings is 1.